The van der Waals surface area contributed by atoms with Crippen LogP contribution in [0.25, 0.3) is 0 Å². The van der Waals surface area contributed by atoms with Gasteiger partial charge in [-0.15, -0.1) is 11.8 Å². The first kappa shape index (κ1) is 12.5. The van der Waals surface area contributed by atoms with Crippen LogP contribution in [0, 0.1) is 0 Å². The molecule has 3 nitrogen and oxygen atoms in total. The third-order valence-corrected chi connectivity index (χ3v) is 3.69. The molecule has 0 aliphatic carbocycles. The normalized spacial score (nSPS) is 10.5. The van der Waals surface area contributed by atoms with Crippen molar-refractivity contribution >= 4 is 27.7 Å². The van der Waals surface area contributed by atoms with Crippen molar-refractivity contribution < 1.29 is 0 Å². The second-order valence-electron chi connectivity index (χ2n) is 3.41. The van der Waals surface area contributed by atoms with E-state index in [1.165, 1.54) is 4.90 Å². The van der Waals surface area contributed by atoms with Gasteiger partial charge in [0.25, 0.3) is 0 Å². The molecule has 0 atom stereocenters. The number of nitrogens with zero attached hydrogens (tertiary/aromatic N) is 2. The van der Waals surface area contributed by atoms with Gasteiger partial charge in [0.15, 0.2) is 0 Å². The van der Waals surface area contributed by atoms with E-state index in [1.54, 1.807) is 18.0 Å². The highest BCUT2D eigenvalue weighted by Crippen LogP contribution is 2.23. The third-order valence-electron chi connectivity index (χ3n) is 2.15. The average molecular weight is 310 g/mol. The molecule has 0 amide bonds. The number of hydrogen-bond donors (Lipinski definition) is 1. The summed E-state index contributed by atoms with van der Waals surface area (Å²) >= 11 is 5.13. The molecular weight excluding hydrogens is 298 g/mol. The first-order valence-corrected chi connectivity index (χ1v) is 6.95. The van der Waals surface area contributed by atoms with Crippen LogP contribution >= 0.6 is 27.7 Å². The lowest BCUT2D eigenvalue weighted by Crippen LogP contribution is -2.02. The molecule has 17 heavy (non-hydrogen) atoms. The van der Waals surface area contributed by atoms with Gasteiger partial charge in [-0.3, -0.25) is 0 Å². The number of hydrogen-bond acceptors (Lipinski definition) is 4. The van der Waals surface area contributed by atoms with Crippen molar-refractivity contribution in [3.63, 3.8) is 0 Å². The summed E-state index contributed by atoms with van der Waals surface area (Å²) in [6.45, 7) is 0.457. The Bertz CT molecular complexity index is 487. The molecule has 1 aromatic heterocycles. The SMILES string of the molecule is NCc1ccnc(CSc2ccc(Br)cc2)n1. The largest absolute Gasteiger partial charge is 0.325 e. The average Bonchev–Trinajstić information content (AvgIpc) is 2.38. The van der Waals surface area contributed by atoms with Gasteiger partial charge in [0, 0.05) is 22.1 Å². The Morgan fingerprint density at radius 3 is 2.65 bits per heavy atom. The standard InChI is InChI=1S/C12H12BrN3S/c13-9-1-3-11(4-2-9)17-8-12-15-6-5-10(7-14)16-12/h1-6H,7-8,14H2. The molecule has 0 aliphatic rings. The number of halogens is 1. The van der Waals surface area contributed by atoms with Crippen LogP contribution in [0.15, 0.2) is 45.9 Å². The van der Waals surface area contributed by atoms with Crippen molar-refractivity contribution in [3.05, 3.63) is 52.5 Å². The summed E-state index contributed by atoms with van der Waals surface area (Å²) in [7, 11) is 0. The van der Waals surface area contributed by atoms with Crippen LogP contribution in [0.3, 0.4) is 0 Å². The minimum absolute atomic E-state index is 0.457. The summed E-state index contributed by atoms with van der Waals surface area (Å²) in [6, 6.07) is 10.0. The van der Waals surface area contributed by atoms with Crippen LogP contribution in [0.5, 0.6) is 0 Å². The van der Waals surface area contributed by atoms with Crippen molar-refractivity contribution in [2.24, 2.45) is 5.73 Å². The van der Waals surface area contributed by atoms with Gasteiger partial charge in [-0.05, 0) is 30.3 Å². The highest BCUT2D eigenvalue weighted by Gasteiger charge is 2.00. The number of rotatable bonds is 4. The lowest BCUT2D eigenvalue weighted by atomic mass is 10.4. The number of thioether (sulfide) groups is 1. The smallest absolute Gasteiger partial charge is 0.138 e. The third kappa shape index (κ3) is 3.80. The molecular formula is C12H12BrN3S. The van der Waals surface area contributed by atoms with Crippen LogP contribution in [0.1, 0.15) is 11.5 Å². The zero-order valence-electron chi connectivity index (χ0n) is 9.14. The predicted octanol–water partition coefficient (Wildman–Crippen LogP) is 2.99. The zero-order chi connectivity index (χ0) is 12.1. The molecule has 1 aromatic carbocycles. The Labute approximate surface area is 113 Å². The van der Waals surface area contributed by atoms with Gasteiger partial charge in [-0.1, -0.05) is 15.9 Å². The van der Waals surface area contributed by atoms with E-state index in [2.05, 4.69) is 38.0 Å². The fourth-order valence-corrected chi connectivity index (χ4v) is 2.33. The van der Waals surface area contributed by atoms with E-state index in [1.807, 2.05) is 18.2 Å². The van der Waals surface area contributed by atoms with E-state index < -0.39 is 0 Å². The Morgan fingerprint density at radius 2 is 1.94 bits per heavy atom. The molecule has 2 rings (SSSR count). The van der Waals surface area contributed by atoms with Crippen molar-refractivity contribution in [3.8, 4) is 0 Å². The molecule has 0 bridgehead atoms. The number of benzene rings is 1. The monoisotopic (exact) mass is 309 g/mol. The predicted molar refractivity (Wildman–Crippen MR) is 73.6 cm³/mol. The Hall–Kier alpha value is -0.910. The van der Waals surface area contributed by atoms with E-state index in [0.717, 1.165) is 21.7 Å². The summed E-state index contributed by atoms with van der Waals surface area (Å²) in [4.78, 5) is 9.78. The quantitative estimate of drug-likeness (QED) is 0.882. The molecule has 1 heterocycles. The van der Waals surface area contributed by atoms with Crippen LogP contribution in [-0.2, 0) is 12.3 Å². The molecule has 0 saturated heterocycles. The minimum atomic E-state index is 0.457. The van der Waals surface area contributed by atoms with Gasteiger partial charge in [-0.25, -0.2) is 9.97 Å². The van der Waals surface area contributed by atoms with Gasteiger partial charge in [0.1, 0.15) is 5.82 Å². The highest BCUT2D eigenvalue weighted by molar-refractivity contribution is 9.10. The van der Waals surface area contributed by atoms with Crippen molar-refractivity contribution in [2.45, 2.75) is 17.2 Å². The topological polar surface area (TPSA) is 51.8 Å². The summed E-state index contributed by atoms with van der Waals surface area (Å²) in [5, 5.41) is 0. The molecule has 0 fully saturated rings. The van der Waals surface area contributed by atoms with E-state index in [0.29, 0.717) is 6.54 Å². The zero-order valence-corrected chi connectivity index (χ0v) is 11.5. The second-order valence-corrected chi connectivity index (χ2v) is 5.38. The lowest BCUT2D eigenvalue weighted by Gasteiger charge is -2.02. The fraction of sp³-hybridized carbons (Fsp3) is 0.167. The van der Waals surface area contributed by atoms with E-state index in [-0.39, 0.29) is 0 Å². The lowest BCUT2D eigenvalue weighted by molar-refractivity contribution is 0.918. The maximum Gasteiger partial charge on any atom is 0.138 e. The van der Waals surface area contributed by atoms with Gasteiger partial charge >= 0.3 is 0 Å². The van der Waals surface area contributed by atoms with Crippen molar-refractivity contribution in [2.75, 3.05) is 0 Å². The number of nitrogens with two attached hydrogens (primary N) is 1. The first-order chi connectivity index (χ1) is 8.28. The molecule has 0 saturated carbocycles. The molecule has 2 aromatic rings. The molecule has 0 radical (unpaired) electrons. The minimum Gasteiger partial charge on any atom is -0.325 e. The molecule has 88 valence electrons. The van der Waals surface area contributed by atoms with Crippen LogP contribution in [0.2, 0.25) is 0 Å². The molecule has 0 aliphatic heterocycles. The summed E-state index contributed by atoms with van der Waals surface area (Å²) < 4.78 is 1.09. The Balaban J connectivity index is 1.99. The van der Waals surface area contributed by atoms with Gasteiger partial charge < -0.3 is 5.73 Å². The van der Waals surface area contributed by atoms with Gasteiger partial charge in [0.05, 0.1) is 11.4 Å². The first-order valence-electron chi connectivity index (χ1n) is 5.17. The summed E-state index contributed by atoms with van der Waals surface area (Å²) in [6.07, 6.45) is 1.76. The van der Waals surface area contributed by atoms with E-state index in [4.69, 9.17) is 5.73 Å². The van der Waals surface area contributed by atoms with Crippen LogP contribution in [-0.4, -0.2) is 9.97 Å². The maximum absolute atomic E-state index is 5.54. The van der Waals surface area contributed by atoms with Crippen molar-refractivity contribution in [1.82, 2.24) is 9.97 Å². The molecule has 0 unspecified atom stereocenters. The highest BCUT2D eigenvalue weighted by atomic mass is 79.9. The number of aromatic nitrogens is 2. The van der Waals surface area contributed by atoms with Crippen molar-refractivity contribution in [1.29, 1.82) is 0 Å². The summed E-state index contributed by atoms with van der Waals surface area (Å²) in [5.74, 6) is 1.58. The van der Waals surface area contributed by atoms with Gasteiger partial charge in [0.2, 0.25) is 0 Å². The maximum atomic E-state index is 5.54. The Morgan fingerprint density at radius 1 is 1.18 bits per heavy atom. The summed E-state index contributed by atoms with van der Waals surface area (Å²) in [5.41, 5.74) is 6.42. The van der Waals surface area contributed by atoms with E-state index >= 15 is 0 Å². The molecule has 2 N–H and O–H groups in total. The van der Waals surface area contributed by atoms with E-state index in [9.17, 15) is 0 Å². The second kappa shape index (κ2) is 6.14. The van der Waals surface area contributed by atoms with Crippen LogP contribution < -0.4 is 5.73 Å². The fourth-order valence-electron chi connectivity index (χ4n) is 1.30. The molecule has 0 spiro atoms. The Kier molecular flexibility index (Phi) is 4.53. The van der Waals surface area contributed by atoms with Gasteiger partial charge in [-0.2, -0.15) is 0 Å². The van der Waals surface area contributed by atoms with Crippen LogP contribution in [0.4, 0.5) is 0 Å². The molecule has 5 heteroatoms.